The lowest BCUT2D eigenvalue weighted by Gasteiger charge is -2.30. The van der Waals surface area contributed by atoms with E-state index in [0.29, 0.717) is 0 Å². The first-order valence-corrected chi connectivity index (χ1v) is 23.5. The van der Waals surface area contributed by atoms with E-state index in [9.17, 15) is 0 Å². The fourth-order valence-electron chi connectivity index (χ4n) is 11.4. The Kier molecular flexibility index (Phi) is 8.77. The first-order valence-electron chi connectivity index (χ1n) is 23.5. The molecule has 4 heterocycles. The number of para-hydroxylation sites is 1. The molecule has 1 spiro atoms. The molecule has 0 saturated carbocycles. The molecule has 0 saturated heterocycles. The number of hydrogen-bond donors (Lipinski definition) is 0. The normalized spacial score (nSPS) is 12.8. The van der Waals surface area contributed by atoms with Crippen LogP contribution in [0.15, 0.2) is 243 Å². The average molecular weight is 877 g/mol. The third-order valence-corrected chi connectivity index (χ3v) is 14.5. The van der Waals surface area contributed by atoms with E-state index in [-0.39, 0.29) is 0 Å². The maximum Gasteiger partial charge on any atom is 0.0788 e. The van der Waals surface area contributed by atoms with Crippen LogP contribution in [0.3, 0.4) is 0 Å². The summed E-state index contributed by atoms with van der Waals surface area (Å²) in [6, 6.07) is 79.4. The number of pyridine rings is 4. The summed E-state index contributed by atoms with van der Waals surface area (Å²) in [6.07, 6.45) is 7.34. The lowest BCUT2D eigenvalue weighted by Crippen LogP contribution is -2.25. The molecule has 320 valence electrons. The van der Waals surface area contributed by atoms with E-state index >= 15 is 0 Å². The molecule has 14 rings (SSSR count). The van der Waals surface area contributed by atoms with Gasteiger partial charge in [0.2, 0.25) is 0 Å². The van der Waals surface area contributed by atoms with E-state index in [1.807, 2.05) is 49.1 Å². The summed E-state index contributed by atoms with van der Waals surface area (Å²) < 4.78 is 0. The Labute approximate surface area is 400 Å². The zero-order valence-electron chi connectivity index (χ0n) is 37.4. The van der Waals surface area contributed by atoms with Crippen molar-refractivity contribution in [1.29, 1.82) is 0 Å². The molecular formula is C65H40N4. The molecule has 0 fully saturated rings. The van der Waals surface area contributed by atoms with Gasteiger partial charge in [-0.15, -0.1) is 0 Å². The Bertz CT molecular complexity index is 3830. The summed E-state index contributed by atoms with van der Waals surface area (Å²) in [4.78, 5) is 19.2. The summed E-state index contributed by atoms with van der Waals surface area (Å²) in [5.41, 5.74) is 23.8. The van der Waals surface area contributed by atoms with Crippen LogP contribution in [-0.2, 0) is 5.41 Å². The second-order valence-corrected chi connectivity index (χ2v) is 18.1. The first kappa shape index (κ1) is 39.1. The van der Waals surface area contributed by atoms with Crippen molar-refractivity contribution in [3.63, 3.8) is 0 Å². The monoisotopic (exact) mass is 876 g/mol. The zero-order valence-corrected chi connectivity index (χ0v) is 37.4. The summed E-state index contributed by atoms with van der Waals surface area (Å²) in [6.45, 7) is 0. The van der Waals surface area contributed by atoms with Crippen molar-refractivity contribution in [3.05, 3.63) is 265 Å². The van der Waals surface area contributed by atoms with Crippen LogP contribution < -0.4 is 0 Å². The standard InChI is InChI=1S/C65H40N4/c1-5-13-55-50(9-1)51-10-2-6-14-56(51)65(55)57-15-7-3-11-52(57)63-58(65)30-29-54-62(63)53-12-4-8-16-59(53)69-64(54)48-27-25-47(26-28-48)61-40-49(43-19-17-41(18-20-43)44-31-35-66-36-32-44)39-60(68-61)46-23-21-42(22-24-46)45-33-37-67-38-34-45/h1-40H. The molecule has 0 bridgehead atoms. The van der Waals surface area contributed by atoms with Gasteiger partial charge in [0.05, 0.1) is 28.0 Å². The first-order chi connectivity index (χ1) is 34.2. The van der Waals surface area contributed by atoms with Gasteiger partial charge in [-0.2, -0.15) is 0 Å². The number of hydrogen-bond acceptors (Lipinski definition) is 4. The summed E-state index contributed by atoms with van der Waals surface area (Å²) in [5.74, 6) is 0. The molecule has 4 nitrogen and oxygen atoms in total. The molecule has 0 N–H and O–H groups in total. The average Bonchev–Trinajstić information content (AvgIpc) is 3.91. The fourth-order valence-corrected chi connectivity index (χ4v) is 11.4. The highest BCUT2D eigenvalue weighted by Gasteiger charge is 2.52. The molecule has 2 aliphatic carbocycles. The van der Waals surface area contributed by atoms with E-state index in [4.69, 9.17) is 9.97 Å². The number of aromatic nitrogens is 4. The van der Waals surface area contributed by atoms with Gasteiger partial charge in [0, 0.05) is 57.6 Å². The van der Waals surface area contributed by atoms with Gasteiger partial charge >= 0.3 is 0 Å². The van der Waals surface area contributed by atoms with Crippen molar-refractivity contribution in [2.24, 2.45) is 0 Å². The van der Waals surface area contributed by atoms with E-state index in [0.717, 1.165) is 83.4 Å². The molecule has 0 aliphatic heterocycles. The molecule has 69 heavy (non-hydrogen) atoms. The van der Waals surface area contributed by atoms with E-state index in [1.54, 1.807) is 0 Å². The second kappa shape index (κ2) is 15.5. The zero-order chi connectivity index (χ0) is 45.5. The van der Waals surface area contributed by atoms with Crippen LogP contribution >= 0.6 is 0 Å². The van der Waals surface area contributed by atoms with Gasteiger partial charge in [-0.3, -0.25) is 9.97 Å². The predicted octanol–water partition coefficient (Wildman–Crippen LogP) is 15.9. The number of fused-ring (bicyclic) bond motifs is 14. The van der Waals surface area contributed by atoms with Crippen molar-refractivity contribution in [3.8, 4) is 89.4 Å². The smallest absolute Gasteiger partial charge is 0.0788 e. The molecule has 0 amide bonds. The third kappa shape index (κ3) is 6.02. The Balaban J connectivity index is 0.914. The largest absolute Gasteiger partial charge is 0.265 e. The van der Waals surface area contributed by atoms with Crippen molar-refractivity contribution in [2.45, 2.75) is 5.41 Å². The number of nitrogens with zero attached hydrogens (tertiary/aromatic N) is 4. The second-order valence-electron chi connectivity index (χ2n) is 18.1. The Morgan fingerprint density at radius 1 is 0.290 bits per heavy atom. The minimum absolute atomic E-state index is 0.427. The Morgan fingerprint density at radius 2 is 0.725 bits per heavy atom. The van der Waals surface area contributed by atoms with Crippen molar-refractivity contribution in [1.82, 2.24) is 19.9 Å². The van der Waals surface area contributed by atoms with Gasteiger partial charge in [0.1, 0.15) is 0 Å². The molecular weight excluding hydrogens is 837 g/mol. The number of rotatable bonds is 6. The summed E-state index contributed by atoms with van der Waals surface area (Å²) in [5, 5.41) is 3.54. The van der Waals surface area contributed by atoms with Crippen LogP contribution in [0, 0.1) is 0 Å². The van der Waals surface area contributed by atoms with E-state index < -0.39 is 5.41 Å². The maximum atomic E-state index is 5.46. The van der Waals surface area contributed by atoms with Crippen LogP contribution in [0.25, 0.3) is 111 Å². The Hall–Kier alpha value is -9.12. The topological polar surface area (TPSA) is 51.6 Å². The molecule has 0 radical (unpaired) electrons. The number of benzene rings is 8. The highest BCUT2D eigenvalue weighted by molar-refractivity contribution is 6.20. The quantitative estimate of drug-likeness (QED) is 0.156. The molecule has 0 atom stereocenters. The van der Waals surface area contributed by atoms with Crippen LogP contribution in [-0.4, -0.2) is 19.9 Å². The van der Waals surface area contributed by atoms with Crippen molar-refractivity contribution in [2.75, 3.05) is 0 Å². The molecule has 2 aliphatic rings. The minimum Gasteiger partial charge on any atom is -0.265 e. The van der Waals surface area contributed by atoms with Crippen molar-refractivity contribution < 1.29 is 0 Å². The summed E-state index contributed by atoms with van der Waals surface area (Å²) >= 11 is 0. The van der Waals surface area contributed by atoms with Crippen LogP contribution in [0.4, 0.5) is 0 Å². The van der Waals surface area contributed by atoms with Gasteiger partial charge in [-0.05, 0) is 120 Å². The van der Waals surface area contributed by atoms with Gasteiger partial charge < -0.3 is 0 Å². The molecule has 12 aromatic rings. The van der Waals surface area contributed by atoms with Crippen LogP contribution in [0.2, 0.25) is 0 Å². The van der Waals surface area contributed by atoms with E-state index in [1.165, 1.54) is 49.9 Å². The van der Waals surface area contributed by atoms with Gasteiger partial charge in [-0.25, -0.2) is 9.97 Å². The van der Waals surface area contributed by atoms with Gasteiger partial charge in [-0.1, -0.05) is 176 Å². The SMILES string of the molecule is c1ccc2c(c1)-c1ccccc1C21c2ccccc2-c2c1ccc1c(-c3ccc(-c4cc(-c5ccc(-c6ccncc6)cc5)cc(-c5ccc(-c6ccncc6)cc5)n4)cc3)nc3ccccc3c21. The molecule has 4 heteroatoms. The van der Waals surface area contributed by atoms with Gasteiger partial charge in [0.25, 0.3) is 0 Å². The Morgan fingerprint density at radius 3 is 1.29 bits per heavy atom. The third-order valence-electron chi connectivity index (χ3n) is 14.5. The summed E-state index contributed by atoms with van der Waals surface area (Å²) in [7, 11) is 0. The van der Waals surface area contributed by atoms with Crippen molar-refractivity contribution >= 4 is 21.7 Å². The minimum atomic E-state index is -0.427. The van der Waals surface area contributed by atoms with E-state index in [2.05, 4.69) is 204 Å². The van der Waals surface area contributed by atoms with Crippen LogP contribution in [0.5, 0.6) is 0 Å². The molecule has 4 aromatic heterocycles. The predicted molar refractivity (Wildman–Crippen MR) is 282 cm³/mol. The highest BCUT2D eigenvalue weighted by atomic mass is 14.7. The highest BCUT2D eigenvalue weighted by Crippen LogP contribution is 2.64. The fraction of sp³-hybridized carbons (Fsp3) is 0.0154. The molecule has 0 unspecified atom stereocenters. The lowest BCUT2D eigenvalue weighted by atomic mass is 9.70. The molecule has 8 aromatic carbocycles. The maximum absolute atomic E-state index is 5.46. The van der Waals surface area contributed by atoms with Gasteiger partial charge in [0.15, 0.2) is 0 Å². The van der Waals surface area contributed by atoms with Crippen LogP contribution in [0.1, 0.15) is 22.3 Å². The lowest BCUT2D eigenvalue weighted by molar-refractivity contribution is 0.794.